The van der Waals surface area contributed by atoms with E-state index in [0.717, 1.165) is 17.1 Å². The van der Waals surface area contributed by atoms with Gasteiger partial charge in [0.05, 0.1) is 0 Å². The number of hydrogen-bond donors (Lipinski definition) is 9. The maximum Gasteiger partial charge on any atom is 0.407 e. The normalized spacial score (nSPS) is 13.8. The number of ether oxygens (including phenoxy) is 2. The molecule has 20 nitrogen and oxygen atoms in total. The summed E-state index contributed by atoms with van der Waals surface area (Å²) in [6, 6.07) is 2.47. The lowest BCUT2D eigenvalue weighted by atomic mass is 10.0. The first kappa shape index (κ1) is 44.6. The average Bonchev–Trinajstić information content (AvgIpc) is 3.44. The van der Waals surface area contributed by atoms with Gasteiger partial charge in [-0.15, -0.1) is 0 Å². The Balaban J connectivity index is 2.03. The zero-order chi connectivity index (χ0) is 40.2. The van der Waals surface area contributed by atoms with Gasteiger partial charge in [-0.25, -0.2) is 4.79 Å². The van der Waals surface area contributed by atoms with Crippen molar-refractivity contribution in [2.45, 2.75) is 71.5 Å². The first-order valence-electron chi connectivity index (χ1n) is 17.3. The van der Waals surface area contributed by atoms with Gasteiger partial charge < -0.3 is 46.5 Å². The Kier molecular flexibility index (Phi) is 19.1. The highest BCUT2D eigenvalue weighted by Gasteiger charge is 2.28. The van der Waals surface area contributed by atoms with Crippen LogP contribution >= 0.6 is 0 Å². The molecule has 298 valence electrons. The van der Waals surface area contributed by atoms with E-state index in [2.05, 4.69) is 37.2 Å². The maximum absolute atomic E-state index is 13.5. The predicted molar refractivity (Wildman–Crippen MR) is 193 cm³/mol. The highest BCUT2D eigenvalue weighted by molar-refractivity contribution is 6.13. The zero-order valence-corrected chi connectivity index (χ0v) is 30.8. The van der Waals surface area contributed by atoms with E-state index in [1.807, 2.05) is 0 Å². The van der Waals surface area contributed by atoms with Crippen LogP contribution in [0, 0.1) is 5.92 Å². The smallest absolute Gasteiger partial charge is 0.407 e. The number of rotatable bonds is 23. The second kappa shape index (κ2) is 23.1. The number of amides is 8. The Labute approximate surface area is 312 Å². The van der Waals surface area contributed by atoms with Crippen LogP contribution in [0.2, 0.25) is 0 Å². The van der Waals surface area contributed by atoms with E-state index >= 15 is 0 Å². The quantitative estimate of drug-likeness (QED) is 0.0333. The second-order valence-corrected chi connectivity index (χ2v) is 12.4. The number of hydrogen-bond acceptors (Lipinski definition) is 13. The standard InChI is InChI=1S/C34H51N9O11/c1-20(2)30(40-21(3)44)32(50)42-24(7-5-13-39-33(35)51)31(49)41-23-9-8-22(18-54-34(52)36-4)25(17-23)53-19-27(46)38-15-6-14-37-26(45)12-16-43-28(47)10-11-29(43)48/h8-11,17,20,24,30,33,39,51H,5-7,12-16,18-19,35H2,1-4H3,(H,36,52)(H,37,45)(H,38,46)(H,40,44)(H,41,49)(H,42,50)/t24-,30-,33?/m0/s1. The van der Waals surface area contributed by atoms with Gasteiger partial charge in [0, 0.05) is 69.5 Å². The van der Waals surface area contributed by atoms with Crippen LogP contribution in [0.4, 0.5) is 10.5 Å². The van der Waals surface area contributed by atoms with Crippen LogP contribution in [0.1, 0.15) is 52.0 Å². The average molecular weight is 762 g/mol. The number of anilines is 1. The van der Waals surface area contributed by atoms with Crippen LogP contribution in [-0.2, 0) is 44.9 Å². The summed E-state index contributed by atoms with van der Waals surface area (Å²) in [4.78, 5) is 98.9. The Morgan fingerprint density at radius 1 is 0.907 bits per heavy atom. The molecule has 2 rings (SSSR count). The van der Waals surface area contributed by atoms with Gasteiger partial charge in [-0.1, -0.05) is 13.8 Å². The minimum Gasteiger partial charge on any atom is -0.483 e. The number of nitrogens with two attached hydrogens (primary N) is 1. The number of alkyl carbamates (subject to hydrolysis) is 1. The van der Waals surface area contributed by atoms with Crippen molar-refractivity contribution in [3.05, 3.63) is 35.9 Å². The molecule has 1 aliphatic rings. The van der Waals surface area contributed by atoms with Gasteiger partial charge in [-0.05, 0) is 43.9 Å². The van der Waals surface area contributed by atoms with Gasteiger partial charge >= 0.3 is 6.09 Å². The van der Waals surface area contributed by atoms with Crippen molar-refractivity contribution in [2.75, 3.05) is 45.2 Å². The van der Waals surface area contributed by atoms with Crippen molar-refractivity contribution in [3.63, 3.8) is 0 Å². The van der Waals surface area contributed by atoms with Crippen molar-refractivity contribution in [1.29, 1.82) is 0 Å². The molecule has 0 bridgehead atoms. The molecule has 54 heavy (non-hydrogen) atoms. The number of carbonyl (C=O) groups excluding carboxylic acids is 8. The first-order chi connectivity index (χ1) is 25.6. The molecular formula is C34H51N9O11. The van der Waals surface area contributed by atoms with Gasteiger partial charge in [0.15, 0.2) is 13.0 Å². The summed E-state index contributed by atoms with van der Waals surface area (Å²) in [5, 5.41) is 27.5. The van der Waals surface area contributed by atoms with E-state index in [1.165, 1.54) is 32.2 Å². The summed E-state index contributed by atoms with van der Waals surface area (Å²) < 4.78 is 10.9. The molecule has 0 spiro atoms. The molecule has 1 aromatic rings. The van der Waals surface area contributed by atoms with Gasteiger partial charge in [0.1, 0.15) is 24.4 Å². The predicted octanol–water partition coefficient (Wildman–Crippen LogP) is -1.95. The number of aliphatic hydroxyl groups excluding tert-OH is 1. The van der Waals surface area contributed by atoms with Crippen molar-refractivity contribution >= 4 is 53.1 Å². The lowest BCUT2D eigenvalue weighted by molar-refractivity contribution is -0.137. The van der Waals surface area contributed by atoms with Crippen molar-refractivity contribution in [1.82, 2.24) is 36.8 Å². The zero-order valence-electron chi connectivity index (χ0n) is 30.8. The van der Waals surface area contributed by atoms with E-state index in [-0.39, 0.29) is 68.9 Å². The topological polar surface area (TPSA) is 289 Å². The molecule has 1 unspecified atom stereocenters. The third kappa shape index (κ3) is 16.4. The van der Waals surface area contributed by atoms with E-state index in [4.69, 9.17) is 15.2 Å². The molecule has 10 N–H and O–H groups in total. The van der Waals surface area contributed by atoms with Crippen LogP contribution in [0.3, 0.4) is 0 Å². The minimum atomic E-state index is -1.27. The van der Waals surface area contributed by atoms with Crippen LogP contribution < -0.4 is 47.7 Å². The molecule has 1 heterocycles. The molecule has 3 atom stereocenters. The number of benzene rings is 1. The third-order valence-corrected chi connectivity index (χ3v) is 7.68. The molecule has 0 saturated heterocycles. The highest BCUT2D eigenvalue weighted by atomic mass is 16.5. The number of imide groups is 1. The van der Waals surface area contributed by atoms with Crippen LogP contribution in [0.15, 0.2) is 30.4 Å². The van der Waals surface area contributed by atoms with E-state index in [9.17, 15) is 43.5 Å². The molecule has 1 aromatic carbocycles. The fourth-order valence-corrected chi connectivity index (χ4v) is 4.86. The summed E-state index contributed by atoms with van der Waals surface area (Å²) >= 11 is 0. The van der Waals surface area contributed by atoms with Gasteiger partial charge in [0.2, 0.25) is 23.6 Å². The summed E-state index contributed by atoms with van der Waals surface area (Å²) in [6.45, 7) is 4.67. The fourth-order valence-electron chi connectivity index (χ4n) is 4.86. The Morgan fingerprint density at radius 2 is 1.57 bits per heavy atom. The third-order valence-electron chi connectivity index (χ3n) is 7.68. The molecular weight excluding hydrogens is 710 g/mol. The van der Waals surface area contributed by atoms with E-state index in [1.54, 1.807) is 13.8 Å². The van der Waals surface area contributed by atoms with Crippen LogP contribution in [0.25, 0.3) is 0 Å². The minimum absolute atomic E-state index is 0.0415. The Hall–Kier alpha value is -5.60. The lowest BCUT2D eigenvalue weighted by Gasteiger charge is -2.25. The summed E-state index contributed by atoms with van der Waals surface area (Å²) in [5.74, 6) is -3.59. The molecule has 0 aliphatic carbocycles. The summed E-state index contributed by atoms with van der Waals surface area (Å²) in [6.07, 6.45) is 1.06. The molecule has 0 saturated carbocycles. The molecule has 20 heteroatoms. The number of aliphatic hydroxyl groups is 1. The van der Waals surface area contributed by atoms with Gasteiger partial charge in [-0.3, -0.25) is 49.5 Å². The molecule has 8 amide bonds. The van der Waals surface area contributed by atoms with Gasteiger partial charge in [-0.2, -0.15) is 0 Å². The highest BCUT2D eigenvalue weighted by Crippen LogP contribution is 2.25. The number of nitrogens with zero attached hydrogens (tertiary/aromatic N) is 1. The molecule has 0 radical (unpaired) electrons. The molecule has 1 aliphatic heterocycles. The van der Waals surface area contributed by atoms with Crippen molar-refractivity contribution < 1.29 is 52.9 Å². The van der Waals surface area contributed by atoms with E-state index in [0.29, 0.717) is 18.4 Å². The monoisotopic (exact) mass is 761 g/mol. The number of carbonyl (C=O) groups is 8. The second-order valence-electron chi connectivity index (χ2n) is 12.4. The largest absolute Gasteiger partial charge is 0.483 e. The first-order valence-corrected chi connectivity index (χ1v) is 17.3. The van der Waals surface area contributed by atoms with E-state index < -0.39 is 66.6 Å². The molecule has 0 aromatic heterocycles. The van der Waals surface area contributed by atoms with Crippen molar-refractivity contribution in [3.8, 4) is 5.75 Å². The number of nitrogens with one attached hydrogen (secondary N) is 7. The van der Waals surface area contributed by atoms with Crippen LogP contribution in [-0.4, -0.2) is 116 Å². The van der Waals surface area contributed by atoms with Gasteiger partial charge in [0.25, 0.3) is 17.7 Å². The lowest BCUT2D eigenvalue weighted by Crippen LogP contribution is -2.54. The summed E-state index contributed by atoms with van der Waals surface area (Å²) in [5.41, 5.74) is 5.91. The Morgan fingerprint density at radius 3 is 2.19 bits per heavy atom. The molecule has 0 fully saturated rings. The maximum atomic E-state index is 13.5. The van der Waals surface area contributed by atoms with Crippen LogP contribution in [0.5, 0.6) is 5.75 Å². The Bertz CT molecular complexity index is 1520. The summed E-state index contributed by atoms with van der Waals surface area (Å²) in [7, 11) is 1.38. The SMILES string of the molecule is CNC(=O)OCc1ccc(NC(=O)[C@H](CCCNC(N)O)NC(=O)[C@@H](NC(C)=O)C(C)C)cc1OCC(=O)NCCCNC(=O)CCN1C(=O)C=CC1=O. The fraction of sp³-hybridized carbons (Fsp3) is 0.529. The van der Waals surface area contributed by atoms with Crippen molar-refractivity contribution in [2.24, 2.45) is 11.7 Å².